The fourth-order valence-electron chi connectivity index (χ4n) is 3.83. The van der Waals surface area contributed by atoms with Crippen LogP contribution in [0.2, 0.25) is 0 Å². The van der Waals surface area contributed by atoms with E-state index in [1.165, 1.54) is 19.3 Å². The normalized spacial score (nSPS) is 43.8. The Balaban J connectivity index is 2.10. The van der Waals surface area contributed by atoms with Gasteiger partial charge in [-0.05, 0) is 55.8 Å². The van der Waals surface area contributed by atoms with E-state index in [1.54, 1.807) is 0 Å². The van der Waals surface area contributed by atoms with Gasteiger partial charge in [0.2, 0.25) is 0 Å². The zero-order valence-corrected chi connectivity index (χ0v) is 9.09. The Labute approximate surface area is 81.5 Å². The van der Waals surface area contributed by atoms with Gasteiger partial charge in [0.1, 0.15) is 0 Å². The van der Waals surface area contributed by atoms with E-state index in [2.05, 4.69) is 13.8 Å². The third-order valence-electron chi connectivity index (χ3n) is 4.65. The van der Waals surface area contributed by atoms with Crippen LogP contribution >= 0.6 is 0 Å². The fraction of sp³-hybridized carbons (Fsp3) is 1.00. The van der Waals surface area contributed by atoms with Crippen molar-refractivity contribution in [3.63, 3.8) is 0 Å². The lowest BCUT2D eigenvalue weighted by atomic mass is 9.67. The maximum atomic E-state index is 9.47. The minimum absolute atomic E-state index is 0.108. The van der Waals surface area contributed by atoms with E-state index in [-0.39, 0.29) is 6.10 Å². The van der Waals surface area contributed by atoms with Crippen molar-refractivity contribution in [3.8, 4) is 0 Å². The molecule has 0 radical (unpaired) electrons. The zero-order chi connectivity index (χ0) is 9.64. The van der Waals surface area contributed by atoms with Crippen LogP contribution in [-0.2, 0) is 0 Å². The molecule has 1 heteroatoms. The summed E-state index contributed by atoms with van der Waals surface area (Å²) in [5.74, 6) is 2.65. The number of hydrogen-bond donors (Lipinski definition) is 1. The van der Waals surface area contributed by atoms with E-state index >= 15 is 0 Å². The SMILES string of the molecule is CC(O)CC1C2CCC(C2)C1(C)C. The lowest BCUT2D eigenvalue weighted by Gasteiger charge is -2.39. The molecule has 0 aromatic heterocycles. The molecule has 0 aliphatic heterocycles. The second kappa shape index (κ2) is 2.98. The fourth-order valence-corrected chi connectivity index (χ4v) is 3.83. The maximum Gasteiger partial charge on any atom is 0.0515 e. The van der Waals surface area contributed by atoms with Crippen molar-refractivity contribution >= 4 is 0 Å². The molecule has 2 fully saturated rings. The first-order chi connectivity index (χ1) is 6.01. The molecule has 2 aliphatic carbocycles. The Kier molecular flexibility index (Phi) is 2.18. The quantitative estimate of drug-likeness (QED) is 0.696. The summed E-state index contributed by atoms with van der Waals surface area (Å²) in [6, 6.07) is 0. The zero-order valence-electron chi connectivity index (χ0n) is 9.09. The van der Waals surface area contributed by atoms with E-state index in [0.29, 0.717) is 5.41 Å². The molecule has 0 amide bonds. The summed E-state index contributed by atoms with van der Waals surface area (Å²) < 4.78 is 0. The van der Waals surface area contributed by atoms with Gasteiger partial charge in [-0.1, -0.05) is 13.8 Å². The monoisotopic (exact) mass is 182 g/mol. The van der Waals surface area contributed by atoms with E-state index in [4.69, 9.17) is 0 Å². The molecule has 0 spiro atoms. The van der Waals surface area contributed by atoms with Crippen LogP contribution in [0.4, 0.5) is 0 Å². The van der Waals surface area contributed by atoms with E-state index in [1.807, 2.05) is 6.92 Å². The van der Waals surface area contributed by atoms with Crippen molar-refractivity contribution < 1.29 is 5.11 Å². The van der Waals surface area contributed by atoms with Gasteiger partial charge in [0, 0.05) is 0 Å². The highest BCUT2D eigenvalue weighted by atomic mass is 16.3. The summed E-state index contributed by atoms with van der Waals surface area (Å²) in [6.07, 6.45) is 5.21. The highest BCUT2D eigenvalue weighted by molar-refractivity contribution is 5.01. The first kappa shape index (κ1) is 9.51. The Morgan fingerprint density at radius 3 is 2.54 bits per heavy atom. The standard InChI is InChI=1S/C12H22O/c1-8(13)6-11-9-4-5-10(7-9)12(11,2)3/h8-11,13H,4-7H2,1-3H3. The first-order valence-electron chi connectivity index (χ1n) is 5.70. The van der Waals surface area contributed by atoms with Gasteiger partial charge < -0.3 is 5.11 Å². The Morgan fingerprint density at radius 1 is 1.38 bits per heavy atom. The number of fused-ring (bicyclic) bond motifs is 2. The summed E-state index contributed by atoms with van der Waals surface area (Å²) in [6.45, 7) is 6.75. The summed E-state index contributed by atoms with van der Waals surface area (Å²) in [5.41, 5.74) is 0.500. The van der Waals surface area contributed by atoms with Crippen molar-refractivity contribution in [2.24, 2.45) is 23.2 Å². The van der Waals surface area contributed by atoms with Crippen molar-refractivity contribution in [2.45, 2.75) is 52.6 Å². The molecular weight excluding hydrogens is 160 g/mol. The van der Waals surface area contributed by atoms with Crippen molar-refractivity contribution in [1.82, 2.24) is 0 Å². The van der Waals surface area contributed by atoms with Crippen LogP contribution < -0.4 is 0 Å². The van der Waals surface area contributed by atoms with Crippen LogP contribution in [0.3, 0.4) is 0 Å². The average molecular weight is 182 g/mol. The predicted molar refractivity (Wildman–Crippen MR) is 54.4 cm³/mol. The van der Waals surface area contributed by atoms with Crippen molar-refractivity contribution in [3.05, 3.63) is 0 Å². The molecule has 4 unspecified atom stereocenters. The lowest BCUT2D eigenvalue weighted by Crippen LogP contribution is -2.32. The minimum Gasteiger partial charge on any atom is -0.393 e. The average Bonchev–Trinajstić information content (AvgIpc) is 2.53. The second-order valence-corrected chi connectivity index (χ2v) is 5.78. The predicted octanol–water partition coefficient (Wildman–Crippen LogP) is 2.83. The molecule has 2 aliphatic rings. The van der Waals surface area contributed by atoms with E-state index in [9.17, 15) is 5.11 Å². The van der Waals surface area contributed by atoms with Crippen LogP contribution in [0, 0.1) is 23.2 Å². The number of hydrogen-bond acceptors (Lipinski definition) is 1. The molecule has 0 aromatic carbocycles. The largest absolute Gasteiger partial charge is 0.393 e. The Bertz CT molecular complexity index is 195. The van der Waals surface area contributed by atoms with Gasteiger partial charge in [-0.3, -0.25) is 0 Å². The molecular formula is C12H22O. The van der Waals surface area contributed by atoms with Gasteiger partial charge in [0.25, 0.3) is 0 Å². The minimum atomic E-state index is -0.108. The highest BCUT2D eigenvalue weighted by Gasteiger charge is 2.52. The molecule has 1 nitrogen and oxygen atoms in total. The number of rotatable bonds is 2. The lowest BCUT2D eigenvalue weighted by molar-refractivity contribution is 0.0641. The van der Waals surface area contributed by atoms with Crippen LogP contribution in [-0.4, -0.2) is 11.2 Å². The molecule has 13 heavy (non-hydrogen) atoms. The molecule has 0 saturated heterocycles. The molecule has 2 rings (SSSR count). The van der Waals surface area contributed by atoms with Crippen molar-refractivity contribution in [2.75, 3.05) is 0 Å². The number of aliphatic hydroxyl groups is 1. The molecule has 0 heterocycles. The third kappa shape index (κ3) is 1.41. The molecule has 76 valence electrons. The van der Waals surface area contributed by atoms with Gasteiger partial charge in [0.15, 0.2) is 0 Å². The first-order valence-corrected chi connectivity index (χ1v) is 5.70. The van der Waals surface area contributed by atoms with Crippen LogP contribution in [0.1, 0.15) is 46.5 Å². The van der Waals surface area contributed by atoms with Crippen LogP contribution in [0.25, 0.3) is 0 Å². The Morgan fingerprint density at radius 2 is 2.08 bits per heavy atom. The maximum absolute atomic E-state index is 9.47. The van der Waals surface area contributed by atoms with E-state index < -0.39 is 0 Å². The molecule has 4 atom stereocenters. The Hall–Kier alpha value is -0.0400. The van der Waals surface area contributed by atoms with Gasteiger partial charge >= 0.3 is 0 Å². The van der Waals surface area contributed by atoms with Crippen LogP contribution in [0.5, 0.6) is 0 Å². The van der Waals surface area contributed by atoms with Gasteiger partial charge in [0.05, 0.1) is 6.10 Å². The summed E-state index contributed by atoms with van der Waals surface area (Å²) in [5, 5.41) is 9.47. The van der Waals surface area contributed by atoms with Gasteiger partial charge in [-0.15, -0.1) is 0 Å². The van der Waals surface area contributed by atoms with Crippen molar-refractivity contribution in [1.29, 1.82) is 0 Å². The summed E-state index contributed by atoms with van der Waals surface area (Å²) >= 11 is 0. The van der Waals surface area contributed by atoms with E-state index in [0.717, 1.165) is 24.2 Å². The van der Waals surface area contributed by atoms with Gasteiger partial charge in [-0.2, -0.15) is 0 Å². The molecule has 0 aromatic rings. The highest BCUT2D eigenvalue weighted by Crippen LogP contribution is 2.60. The molecule has 2 saturated carbocycles. The second-order valence-electron chi connectivity index (χ2n) is 5.78. The third-order valence-corrected chi connectivity index (χ3v) is 4.65. The topological polar surface area (TPSA) is 20.2 Å². The van der Waals surface area contributed by atoms with Gasteiger partial charge in [-0.25, -0.2) is 0 Å². The molecule has 1 N–H and O–H groups in total. The smallest absolute Gasteiger partial charge is 0.0515 e. The summed E-state index contributed by atoms with van der Waals surface area (Å²) in [7, 11) is 0. The summed E-state index contributed by atoms with van der Waals surface area (Å²) in [4.78, 5) is 0. The molecule has 2 bridgehead atoms. The number of aliphatic hydroxyl groups excluding tert-OH is 1. The van der Waals surface area contributed by atoms with Crippen LogP contribution in [0.15, 0.2) is 0 Å².